The second-order valence-electron chi connectivity index (χ2n) is 6.21. The van der Waals surface area contributed by atoms with Gasteiger partial charge in [0.05, 0.1) is 37.5 Å². The number of Topliss-reactive ketones (excluding diaryl/α,β-unsaturated/α-hetero) is 3. The lowest BCUT2D eigenvalue weighted by Gasteiger charge is -2.43. The fraction of sp³-hybridized carbons (Fsp3) is 0.667. The zero-order valence-corrected chi connectivity index (χ0v) is 16.7. The molecule has 0 radical (unpaired) electrons. The van der Waals surface area contributed by atoms with Gasteiger partial charge in [-0.3, -0.25) is 14.4 Å². The van der Waals surface area contributed by atoms with Gasteiger partial charge in [0.2, 0.25) is 0 Å². The van der Waals surface area contributed by atoms with Crippen molar-refractivity contribution in [3.63, 3.8) is 0 Å². The smallest absolute Gasteiger partial charge is 0.341 e. The first-order chi connectivity index (χ1) is 13.9. The van der Waals surface area contributed by atoms with Gasteiger partial charge in [-0.2, -0.15) is 15.8 Å². The lowest BCUT2D eigenvalue weighted by Crippen LogP contribution is -2.65. The van der Waals surface area contributed by atoms with Crippen LogP contribution in [0.1, 0.15) is 40.0 Å². The Morgan fingerprint density at radius 2 is 1.07 bits per heavy atom. The third-order valence-electron chi connectivity index (χ3n) is 3.87. The Balaban J connectivity index is 6.02. The zero-order chi connectivity index (χ0) is 23.5. The molecule has 0 saturated heterocycles. The zero-order valence-electron chi connectivity index (χ0n) is 16.7. The molecule has 30 heavy (non-hydrogen) atoms. The Labute approximate surface area is 172 Å². The van der Waals surface area contributed by atoms with Crippen LogP contribution in [0.15, 0.2) is 0 Å². The van der Waals surface area contributed by atoms with E-state index < -0.39 is 73.3 Å². The molecule has 0 aliphatic carbocycles. The van der Waals surface area contributed by atoms with Gasteiger partial charge in [0.25, 0.3) is 5.79 Å². The van der Waals surface area contributed by atoms with Crippen LogP contribution in [0.25, 0.3) is 0 Å². The summed E-state index contributed by atoms with van der Waals surface area (Å²) in [6.45, 7) is 1.86. The van der Waals surface area contributed by atoms with E-state index in [9.17, 15) is 29.7 Å². The summed E-state index contributed by atoms with van der Waals surface area (Å²) in [6.07, 6.45) is -6.59. The molecule has 0 aliphatic rings. The highest BCUT2D eigenvalue weighted by Gasteiger charge is 2.58. The molecule has 0 fully saturated rings. The van der Waals surface area contributed by atoms with Crippen molar-refractivity contribution in [3.8, 4) is 18.2 Å². The Bertz CT molecular complexity index is 728. The van der Waals surface area contributed by atoms with Crippen LogP contribution in [0.5, 0.6) is 0 Å². The lowest BCUT2D eigenvalue weighted by molar-refractivity contribution is -0.495. The summed E-state index contributed by atoms with van der Waals surface area (Å²) in [4.78, 5) is 35.6. The Morgan fingerprint density at radius 1 is 0.767 bits per heavy atom. The second-order valence-corrected chi connectivity index (χ2v) is 6.21. The van der Waals surface area contributed by atoms with Gasteiger partial charge in [-0.25, -0.2) is 0 Å². The maximum atomic E-state index is 11.9. The predicted molar refractivity (Wildman–Crippen MR) is 94.3 cm³/mol. The van der Waals surface area contributed by atoms with E-state index in [1.54, 1.807) is 18.2 Å². The van der Waals surface area contributed by atoms with Crippen molar-refractivity contribution in [2.75, 3.05) is 6.61 Å². The first-order valence-electron chi connectivity index (χ1n) is 8.69. The molecule has 4 unspecified atom stereocenters. The van der Waals surface area contributed by atoms with Gasteiger partial charge in [-0.1, -0.05) is 0 Å². The van der Waals surface area contributed by atoms with E-state index >= 15 is 0 Å². The van der Waals surface area contributed by atoms with Crippen molar-refractivity contribution >= 4 is 17.3 Å². The third-order valence-corrected chi connectivity index (χ3v) is 3.87. The Hall–Kier alpha value is -2.76. The molecular formula is C18H23N3O9. The maximum Gasteiger partial charge on any atom is 0.341 e. The highest BCUT2D eigenvalue weighted by Crippen LogP contribution is 2.32. The molecule has 0 heterocycles. The number of hydrogen-bond acceptors (Lipinski definition) is 12. The maximum absolute atomic E-state index is 11.9. The molecule has 0 rings (SSSR count). The molecule has 0 aromatic heterocycles. The lowest BCUT2D eigenvalue weighted by atomic mass is 10.1. The van der Waals surface area contributed by atoms with Crippen molar-refractivity contribution < 1.29 is 43.9 Å². The van der Waals surface area contributed by atoms with E-state index in [1.807, 2.05) is 0 Å². The van der Waals surface area contributed by atoms with Gasteiger partial charge in [0, 0.05) is 0 Å². The van der Waals surface area contributed by atoms with Crippen LogP contribution in [0.4, 0.5) is 0 Å². The summed E-state index contributed by atoms with van der Waals surface area (Å²) >= 11 is 0. The predicted octanol–water partition coefficient (Wildman–Crippen LogP) is -1.02. The van der Waals surface area contributed by atoms with Crippen LogP contribution < -0.4 is 0 Å². The first kappa shape index (κ1) is 27.2. The van der Waals surface area contributed by atoms with Gasteiger partial charge >= 0.3 is 5.97 Å². The number of ketones is 3. The molecule has 0 amide bonds. The van der Waals surface area contributed by atoms with E-state index in [4.69, 9.17) is 30.0 Å². The van der Waals surface area contributed by atoms with E-state index in [0.717, 1.165) is 20.8 Å². The fourth-order valence-electron chi connectivity index (χ4n) is 2.06. The van der Waals surface area contributed by atoms with Gasteiger partial charge in [0.1, 0.15) is 24.9 Å². The number of ether oxygens (including phenoxy) is 3. The number of hydrogen-bond donors (Lipinski definition) is 3. The van der Waals surface area contributed by atoms with Crippen molar-refractivity contribution in [1.29, 1.82) is 15.8 Å². The molecule has 12 heteroatoms. The third kappa shape index (κ3) is 7.25. The average Bonchev–Trinajstić information content (AvgIpc) is 2.67. The molecule has 164 valence electrons. The Morgan fingerprint density at radius 3 is 1.33 bits per heavy atom. The van der Waals surface area contributed by atoms with Gasteiger partial charge in [-0.05, 0) is 20.8 Å². The minimum Gasteiger partial charge on any atom is -0.390 e. The summed E-state index contributed by atoms with van der Waals surface area (Å²) in [5.74, 6) is -9.11. The van der Waals surface area contributed by atoms with Crippen molar-refractivity contribution in [3.05, 3.63) is 0 Å². The number of nitriles is 3. The van der Waals surface area contributed by atoms with Crippen molar-refractivity contribution in [2.45, 2.75) is 70.1 Å². The second kappa shape index (κ2) is 12.1. The SMILES string of the molecule is CC(OC(O)(CO)C(O)(OC(C)C(=O)CC#N)OC(C)C(=O)CC#N)C(=O)CC#N. The number of nitrogens with zero attached hydrogens (tertiary/aromatic N) is 3. The minimum absolute atomic E-state index is 0.614. The normalized spacial score (nSPS) is 17.7. The molecule has 0 aromatic carbocycles. The standard InChI is InChI=1S/C18H23N3O9/c1-11(14(23)4-7-19)28-17(26,10-22)18(27,29-12(2)15(24)5-8-20)30-13(3)16(25)6-9-21/h11-13,22,26-27H,4-6,10H2,1-3H3. The minimum atomic E-state index is -3.39. The Kier molecular flexibility index (Phi) is 10.9. The van der Waals surface area contributed by atoms with Gasteiger partial charge in [-0.15, -0.1) is 0 Å². The summed E-state index contributed by atoms with van der Waals surface area (Å²) in [7, 11) is 0. The molecular weight excluding hydrogens is 402 g/mol. The van der Waals surface area contributed by atoms with Crippen LogP contribution in [-0.4, -0.2) is 69.3 Å². The first-order valence-corrected chi connectivity index (χ1v) is 8.69. The van der Waals surface area contributed by atoms with Crippen LogP contribution >= 0.6 is 0 Å². The molecule has 0 spiro atoms. The van der Waals surface area contributed by atoms with E-state index in [-0.39, 0.29) is 0 Å². The number of rotatable bonds is 14. The molecule has 0 bridgehead atoms. The number of carbonyl (C=O) groups is 3. The largest absolute Gasteiger partial charge is 0.390 e. The van der Waals surface area contributed by atoms with E-state index in [1.165, 1.54) is 0 Å². The van der Waals surface area contributed by atoms with Crippen LogP contribution in [0, 0.1) is 34.0 Å². The van der Waals surface area contributed by atoms with Crippen molar-refractivity contribution in [1.82, 2.24) is 0 Å². The molecule has 0 aliphatic heterocycles. The number of carbonyl (C=O) groups excluding carboxylic acids is 3. The fourth-order valence-corrected chi connectivity index (χ4v) is 2.06. The number of aliphatic hydroxyl groups is 3. The highest BCUT2D eigenvalue weighted by atomic mass is 16.9. The summed E-state index contributed by atoms with van der Waals surface area (Å²) in [6, 6.07) is 4.69. The molecule has 4 atom stereocenters. The van der Waals surface area contributed by atoms with Gasteiger partial charge in [0.15, 0.2) is 17.3 Å². The number of aliphatic hydroxyl groups excluding tert-OH is 1. The summed E-state index contributed by atoms with van der Waals surface area (Å²) < 4.78 is 15.1. The monoisotopic (exact) mass is 425 g/mol. The topological polar surface area (TPSA) is 211 Å². The van der Waals surface area contributed by atoms with Crippen LogP contribution in [0.3, 0.4) is 0 Å². The summed E-state index contributed by atoms with van der Waals surface area (Å²) in [5, 5.41) is 57.0. The molecule has 12 nitrogen and oxygen atoms in total. The van der Waals surface area contributed by atoms with Crippen LogP contribution in [-0.2, 0) is 28.6 Å². The summed E-state index contributed by atoms with van der Waals surface area (Å²) in [5.41, 5.74) is 0. The van der Waals surface area contributed by atoms with E-state index in [0.29, 0.717) is 0 Å². The molecule has 3 N–H and O–H groups in total. The molecule has 0 aromatic rings. The quantitative estimate of drug-likeness (QED) is 0.285. The molecule has 0 saturated carbocycles. The van der Waals surface area contributed by atoms with E-state index in [2.05, 4.69) is 0 Å². The van der Waals surface area contributed by atoms with Crippen molar-refractivity contribution in [2.24, 2.45) is 0 Å². The van der Waals surface area contributed by atoms with Gasteiger partial charge < -0.3 is 29.5 Å². The van der Waals surface area contributed by atoms with Crippen LogP contribution in [0.2, 0.25) is 0 Å². The average molecular weight is 425 g/mol. The highest BCUT2D eigenvalue weighted by molar-refractivity contribution is 5.85.